The zero-order valence-corrected chi connectivity index (χ0v) is 6.15. The van der Waals surface area contributed by atoms with Crippen LogP contribution in [0.25, 0.3) is 0 Å². The second kappa shape index (κ2) is 4.50. The van der Waals surface area contributed by atoms with Gasteiger partial charge in [-0.1, -0.05) is 6.92 Å². The summed E-state index contributed by atoms with van der Waals surface area (Å²) in [4.78, 5) is 0. The van der Waals surface area contributed by atoms with E-state index in [0.29, 0.717) is 11.6 Å². The van der Waals surface area contributed by atoms with Gasteiger partial charge in [-0.2, -0.15) is 0 Å². The van der Waals surface area contributed by atoms with E-state index in [1.54, 1.807) is 6.92 Å². The summed E-state index contributed by atoms with van der Waals surface area (Å²) in [5.41, 5.74) is 0.687. The van der Waals surface area contributed by atoms with Gasteiger partial charge in [0.15, 0.2) is 0 Å². The van der Waals surface area contributed by atoms with Crippen molar-refractivity contribution in [3.8, 4) is 0 Å². The third kappa shape index (κ3) is 3.25. The molecule has 0 aliphatic carbocycles. The molecule has 54 valence electrons. The van der Waals surface area contributed by atoms with Crippen molar-refractivity contribution >= 4 is 5.71 Å². The summed E-state index contributed by atoms with van der Waals surface area (Å²) in [6, 6.07) is 0. The van der Waals surface area contributed by atoms with E-state index in [4.69, 9.17) is 10.5 Å². The summed E-state index contributed by atoms with van der Waals surface area (Å²) >= 11 is 0. The minimum atomic E-state index is 0.203. The highest BCUT2D eigenvalue weighted by atomic mass is 16.3. The minimum absolute atomic E-state index is 0.203. The van der Waals surface area contributed by atoms with Crippen LogP contribution in [-0.4, -0.2) is 17.4 Å². The molecule has 0 aromatic rings. The predicted octanol–water partition coefficient (Wildman–Crippen LogP) is 1.43. The topological polar surface area (TPSA) is 44.1 Å². The van der Waals surface area contributed by atoms with Crippen LogP contribution in [0.3, 0.4) is 0 Å². The van der Waals surface area contributed by atoms with Crippen LogP contribution in [0.4, 0.5) is 0 Å². The van der Waals surface area contributed by atoms with Crippen LogP contribution in [-0.2, 0) is 0 Å². The molecule has 0 saturated carbocycles. The minimum Gasteiger partial charge on any atom is -0.396 e. The Labute approximate surface area is 56.4 Å². The average molecular weight is 129 g/mol. The molecule has 0 aromatic carbocycles. The average Bonchev–Trinajstić information content (AvgIpc) is 1.82. The maximum atomic E-state index is 8.52. The zero-order chi connectivity index (χ0) is 7.28. The van der Waals surface area contributed by atoms with Gasteiger partial charge in [0, 0.05) is 12.3 Å². The van der Waals surface area contributed by atoms with E-state index in [-0.39, 0.29) is 6.61 Å². The first-order valence-corrected chi connectivity index (χ1v) is 3.38. The van der Waals surface area contributed by atoms with Crippen molar-refractivity contribution < 1.29 is 5.11 Å². The van der Waals surface area contributed by atoms with E-state index in [9.17, 15) is 0 Å². The summed E-state index contributed by atoms with van der Waals surface area (Å²) in [7, 11) is 0. The van der Waals surface area contributed by atoms with E-state index in [1.165, 1.54) is 0 Å². The summed E-state index contributed by atoms with van der Waals surface area (Å²) in [5.74, 6) is 0.301. The highest BCUT2D eigenvalue weighted by molar-refractivity contribution is 5.81. The fourth-order valence-electron chi connectivity index (χ4n) is 0.883. The molecule has 0 bridgehead atoms. The van der Waals surface area contributed by atoms with Crippen molar-refractivity contribution in [2.75, 3.05) is 6.61 Å². The normalized spacial score (nSPS) is 13.2. The van der Waals surface area contributed by atoms with E-state index < -0.39 is 0 Å². The summed E-state index contributed by atoms with van der Waals surface area (Å²) in [6.45, 7) is 4.04. The molecule has 0 aliphatic rings. The van der Waals surface area contributed by atoms with Crippen molar-refractivity contribution in [2.24, 2.45) is 5.92 Å². The fraction of sp³-hybridized carbons (Fsp3) is 0.857. The molecule has 2 N–H and O–H groups in total. The Hall–Kier alpha value is -0.370. The van der Waals surface area contributed by atoms with Crippen LogP contribution < -0.4 is 0 Å². The standard InChI is InChI=1S/C7H15NO/c1-3-7(4-5-9)6(2)8/h7-9H,3-5H2,1-2H3. The van der Waals surface area contributed by atoms with Crippen molar-refractivity contribution in [3.63, 3.8) is 0 Å². The smallest absolute Gasteiger partial charge is 0.0437 e. The van der Waals surface area contributed by atoms with E-state index in [1.807, 2.05) is 6.92 Å². The highest BCUT2D eigenvalue weighted by Crippen LogP contribution is 2.07. The Morgan fingerprint density at radius 3 is 2.33 bits per heavy atom. The lowest BCUT2D eigenvalue weighted by Crippen LogP contribution is -2.10. The molecular formula is C7H15NO. The third-order valence-electron chi connectivity index (χ3n) is 1.58. The number of rotatable bonds is 4. The number of nitrogens with one attached hydrogen (secondary N) is 1. The molecule has 0 aromatic heterocycles. The van der Waals surface area contributed by atoms with Gasteiger partial charge >= 0.3 is 0 Å². The molecule has 1 atom stereocenters. The Kier molecular flexibility index (Phi) is 4.32. The van der Waals surface area contributed by atoms with Crippen molar-refractivity contribution in [1.29, 1.82) is 5.41 Å². The fourth-order valence-corrected chi connectivity index (χ4v) is 0.883. The first-order chi connectivity index (χ1) is 4.22. The van der Waals surface area contributed by atoms with Crippen LogP contribution in [0.5, 0.6) is 0 Å². The number of hydrogen-bond acceptors (Lipinski definition) is 2. The molecule has 0 saturated heterocycles. The maximum absolute atomic E-state index is 8.52. The molecule has 0 heterocycles. The second-order valence-electron chi connectivity index (χ2n) is 2.30. The van der Waals surface area contributed by atoms with Crippen LogP contribution in [0.15, 0.2) is 0 Å². The van der Waals surface area contributed by atoms with Crippen LogP contribution in [0.1, 0.15) is 26.7 Å². The quantitative estimate of drug-likeness (QED) is 0.554. The summed E-state index contributed by atoms with van der Waals surface area (Å²) in [6.07, 6.45) is 1.71. The second-order valence-corrected chi connectivity index (χ2v) is 2.30. The van der Waals surface area contributed by atoms with Crippen LogP contribution in [0, 0.1) is 11.3 Å². The molecule has 0 amide bonds. The number of aliphatic hydroxyl groups is 1. The summed E-state index contributed by atoms with van der Waals surface area (Å²) < 4.78 is 0. The van der Waals surface area contributed by atoms with Crippen molar-refractivity contribution in [1.82, 2.24) is 0 Å². The largest absolute Gasteiger partial charge is 0.396 e. The molecule has 2 nitrogen and oxygen atoms in total. The van der Waals surface area contributed by atoms with E-state index >= 15 is 0 Å². The van der Waals surface area contributed by atoms with Gasteiger partial charge in [0.1, 0.15) is 0 Å². The van der Waals surface area contributed by atoms with Gasteiger partial charge in [-0.15, -0.1) is 0 Å². The van der Waals surface area contributed by atoms with Crippen molar-refractivity contribution in [2.45, 2.75) is 26.7 Å². The maximum Gasteiger partial charge on any atom is 0.0437 e. The third-order valence-corrected chi connectivity index (χ3v) is 1.58. The van der Waals surface area contributed by atoms with Crippen LogP contribution >= 0.6 is 0 Å². The predicted molar refractivity (Wildman–Crippen MR) is 38.9 cm³/mol. The Morgan fingerprint density at radius 2 is 2.22 bits per heavy atom. The van der Waals surface area contributed by atoms with Gasteiger partial charge in [-0.05, 0) is 25.7 Å². The molecule has 9 heavy (non-hydrogen) atoms. The lowest BCUT2D eigenvalue weighted by Gasteiger charge is -2.09. The lowest BCUT2D eigenvalue weighted by molar-refractivity contribution is 0.272. The SMILES string of the molecule is CCC(CCO)C(C)=N. The molecular weight excluding hydrogens is 114 g/mol. The molecule has 0 rings (SSSR count). The van der Waals surface area contributed by atoms with E-state index in [0.717, 1.165) is 12.8 Å². The molecule has 0 spiro atoms. The number of aliphatic hydroxyl groups excluding tert-OH is 1. The molecule has 1 unspecified atom stereocenters. The van der Waals surface area contributed by atoms with Gasteiger partial charge in [0.2, 0.25) is 0 Å². The van der Waals surface area contributed by atoms with Crippen LogP contribution in [0.2, 0.25) is 0 Å². The van der Waals surface area contributed by atoms with Gasteiger partial charge in [0.25, 0.3) is 0 Å². The van der Waals surface area contributed by atoms with Gasteiger partial charge in [-0.3, -0.25) is 0 Å². The Morgan fingerprint density at radius 1 is 1.67 bits per heavy atom. The molecule has 0 fully saturated rings. The number of hydrogen-bond donors (Lipinski definition) is 2. The van der Waals surface area contributed by atoms with Gasteiger partial charge in [0.05, 0.1) is 0 Å². The first-order valence-electron chi connectivity index (χ1n) is 3.38. The van der Waals surface area contributed by atoms with Gasteiger partial charge in [-0.25, -0.2) is 0 Å². The van der Waals surface area contributed by atoms with E-state index in [2.05, 4.69) is 0 Å². The van der Waals surface area contributed by atoms with Gasteiger partial charge < -0.3 is 10.5 Å². The Balaban J connectivity index is 3.54. The Bertz CT molecular complexity index is 90.9. The summed E-state index contributed by atoms with van der Waals surface area (Å²) in [5, 5.41) is 15.8. The lowest BCUT2D eigenvalue weighted by atomic mass is 9.98. The monoisotopic (exact) mass is 129 g/mol. The first kappa shape index (κ1) is 8.63. The van der Waals surface area contributed by atoms with Crippen molar-refractivity contribution in [3.05, 3.63) is 0 Å². The highest BCUT2D eigenvalue weighted by Gasteiger charge is 2.05. The molecule has 0 aliphatic heterocycles. The molecule has 2 heteroatoms. The zero-order valence-electron chi connectivity index (χ0n) is 6.15. The molecule has 0 radical (unpaired) electrons.